The highest BCUT2D eigenvalue weighted by molar-refractivity contribution is 7.25. The van der Waals surface area contributed by atoms with Crippen LogP contribution in [0.2, 0.25) is 5.15 Å². The van der Waals surface area contributed by atoms with E-state index < -0.39 is 0 Å². The van der Waals surface area contributed by atoms with Gasteiger partial charge in [-0.3, -0.25) is 0 Å². The maximum atomic E-state index is 7.05. The minimum Gasteiger partial charge on any atom is -0.455 e. The lowest BCUT2D eigenvalue weighted by atomic mass is 9.89. The van der Waals surface area contributed by atoms with Crippen LogP contribution in [0.5, 0.6) is 0 Å². The lowest BCUT2D eigenvalue weighted by molar-refractivity contribution is 0.673. The second-order valence-corrected chi connectivity index (χ2v) is 12.4. The van der Waals surface area contributed by atoms with Gasteiger partial charge in [-0.05, 0) is 50.5 Å². The second-order valence-electron chi connectivity index (χ2n) is 11.0. The van der Waals surface area contributed by atoms with Gasteiger partial charge in [-0.1, -0.05) is 109 Å². The largest absolute Gasteiger partial charge is 0.455 e. The summed E-state index contributed by atoms with van der Waals surface area (Å²) in [5.41, 5.74) is 4.16. The topological polar surface area (TPSA) is 38.9 Å². The molecule has 10 aromatic rings. The molecular weight excluding hydrogens is 568 g/mol. The van der Waals surface area contributed by atoms with E-state index >= 15 is 0 Å². The standard InChI is InChI=1S/C38H19ClN2OS/c39-37-34(40-35-26-15-7-8-16-29(26)43-38(35)41-37)27-19-21-10-2-4-12-23(21)30-24-13-5-6-14-25(24)32-31-22-11-3-1-9-20(22)17-18-28(31)42-36(32)33(27)30/h1-19H. The van der Waals surface area contributed by atoms with Gasteiger partial charge >= 0.3 is 0 Å². The minimum atomic E-state index is 0.388. The fourth-order valence-corrected chi connectivity index (χ4v) is 8.24. The normalized spacial score (nSPS) is 12.3. The third-order valence-electron chi connectivity index (χ3n) is 8.75. The molecule has 3 nitrogen and oxygen atoms in total. The van der Waals surface area contributed by atoms with Gasteiger partial charge in [-0.15, -0.1) is 11.3 Å². The minimum absolute atomic E-state index is 0.388. The maximum Gasteiger partial charge on any atom is 0.157 e. The first kappa shape index (κ1) is 23.5. The lowest BCUT2D eigenvalue weighted by Crippen LogP contribution is -1.93. The van der Waals surface area contributed by atoms with E-state index in [0.29, 0.717) is 10.8 Å². The maximum absolute atomic E-state index is 7.05. The molecule has 0 saturated carbocycles. The lowest BCUT2D eigenvalue weighted by Gasteiger charge is -2.15. The summed E-state index contributed by atoms with van der Waals surface area (Å²) in [4.78, 5) is 11.0. The van der Waals surface area contributed by atoms with Crippen LogP contribution in [-0.2, 0) is 0 Å². The van der Waals surface area contributed by atoms with Crippen LogP contribution in [0, 0.1) is 0 Å². The molecule has 0 saturated heterocycles. The summed E-state index contributed by atoms with van der Waals surface area (Å²) in [7, 11) is 0. The quantitative estimate of drug-likeness (QED) is 0.180. The average Bonchev–Trinajstić information content (AvgIpc) is 3.62. The Labute approximate surface area is 253 Å². The van der Waals surface area contributed by atoms with E-state index in [2.05, 4.69) is 103 Å². The van der Waals surface area contributed by atoms with Gasteiger partial charge in [-0.2, -0.15) is 0 Å². The number of halogens is 1. The van der Waals surface area contributed by atoms with Gasteiger partial charge in [-0.25, -0.2) is 9.97 Å². The number of hydrogen-bond acceptors (Lipinski definition) is 4. The van der Waals surface area contributed by atoms with Gasteiger partial charge in [0.05, 0.1) is 0 Å². The van der Waals surface area contributed by atoms with E-state index in [-0.39, 0.29) is 0 Å². The summed E-state index contributed by atoms with van der Waals surface area (Å²) >= 11 is 8.66. The Bertz CT molecular complexity index is 2810. The van der Waals surface area contributed by atoms with Crippen LogP contribution in [-0.4, -0.2) is 9.97 Å². The van der Waals surface area contributed by atoms with E-state index in [4.69, 9.17) is 26.0 Å². The number of fused-ring (bicyclic) bond motifs is 15. The first-order valence-corrected chi connectivity index (χ1v) is 15.4. The van der Waals surface area contributed by atoms with E-state index in [0.717, 1.165) is 69.5 Å². The van der Waals surface area contributed by atoms with Crippen molar-refractivity contribution in [1.29, 1.82) is 0 Å². The number of nitrogens with zero attached hydrogens (tertiary/aromatic N) is 2. The Morgan fingerprint density at radius 1 is 0.558 bits per heavy atom. The second kappa shape index (κ2) is 8.51. The van der Waals surface area contributed by atoms with Crippen molar-refractivity contribution < 1.29 is 4.42 Å². The molecule has 0 aliphatic rings. The van der Waals surface area contributed by atoms with Crippen LogP contribution < -0.4 is 0 Å². The number of furan rings is 1. The molecule has 0 aliphatic heterocycles. The van der Waals surface area contributed by atoms with Crippen molar-refractivity contribution in [2.75, 3.05) is 0 Å². The van der Waals surface area contributed by atoms with E-state index in [9.17, 15) is 0 Å². The monoisotopic (exact) mass is 586 g/mol. The number of benzene rings is 7. The van der Waals surface area contributed by atoms with Crippen LogP contribution >= 0.6 is 22.9 Å². The molecule has 0 amide bonds. The zero-order valence-electron chi connectivity index (χ0n) is 22.6. The third-order valence-corrected chi connectivity index (χ3v) is 10.1. The molecule has 5 heteroatoms. The summed E-state index contributed by atoms with van der Waals surface area (Å²) in [6, 6.07) is 40.5. The predicted octanol–water partition coefficient (Wildman–Crippen LogP) is 11.7. The molecule has 0 spiro atoms. The number of thiophene rings is 1. The highest BCUT2D eigenvalue weighted by Gasteiger charge is 2.24. The number of aromatic nitrogens is 2. The molecule has 0 atom stereocenters. The fraction of sp³-hybridized carbons (Fsp3) is 0. The molecule has 0 N–H and O–H groups in total. The molecular formula is C38H19ClN2OS. The molecule has 0 bridgehead atoms. The van der Waals surface area contributed by atoms with Crippen LogP contribution in [0.3, 0.4) is 0 Å². The molecule has 0 unspecified atom stereocenters. The van der Waals surface area contributed by atoms with Crippen molar-refractivity contribution in [2.45, 2.75) is 0 Å². The van der Waals surface area contributed by atoms with Crippen molar-refractivity contribution in [1.82, 2.24) is 9.97 Å². The summed E-state index contributed by atoms with van der Waals surface area (Å²) in [5, 5.41) is 12.8. The average molecular weight is 587 g/mol. The van der Waals surface area contributed by atoms with Crippen molar-refractivity contribution in [3.05, 3.63) is 120 Å². The Morgan fingerprint density at radius 2 is 1.21 bits per heavy atom. The first-order valence-electron chi connectivity index (χ1n) is 14.2. The summed E-state index contributed by atoms with van der Waals surface area (Å²) in [6.45, 7) is 0. The molecule has 0 radical (unpaired) electrons. The van der Waals surface area contributed by atoms with Gasteiger partial charge < -0.3 is 4.42 Å². The van der Waals surface area contributed by atoms with Crippen LogP contribution in [0.1, 0.15) is 0 Å². The zero-order chi connectivity index (χ0) is 28.2. The van der Waals surface area contributed by atoms with Gasteiger partial charge in [0.2, 0.25) is 0 Å². The number of rotatable bonds is 1. The van der Waals surface area contributed by atoms with Gasteiger partial charge in [0.1, 0.15) is 27.2 Å². The van der Waals surface area contributed by atoms with Crippen LogP contribution in [0.25, 0.3) is 96.7 Å². The molecule has 7 aromatic carbocycles. The summed E-state index contributed by atoms with van der Waals surface area (Å²) < 4.78 is 8.03. The molecule has 0 aliphatic carbocycles. The molecule has 3 aromatic heterocycles. The Balaban J connectivity index is 1.49. The zero-order valence-corrected chi connectivity index (χ0v) is 24.1. The van der Waals surface area contributed by atoms with Gasteiger partial charge in [0.15, 0.2) is 5.15 Å². The van der Waals surface area contributed by atoms with Crippen molar-refractivity contribution >= 4 is 108 Å². The Kier molecular flexibility index (Phi) is 4.66. The van der Waals surface area contributed by atoms with E-state index in [1.807, 2.05) is 12.1 Å². The highest BCUT2D eigenvalue weighted by atomic mass is 35.5. The molecule has 43 heavy (non-hydrogen) atoms. The van der Waals surface area contributed by atoms with Gasteiger partial charge in [0, 0.05) is 37.2 Å². The first-order chi connectivity index (χ1) is 21.2. The Hall–Kier alpha value is -5.03. The van der Waals surface area contributed by atoms with E-state index in [1.165, 1.54) is 21.5 Å². The Morgan fingerprint density at radius 3 is 2.02 bits per heavy atom. The smallest absolute Gasteiger partial charge is 0.157 e. The molecule has 0 fully saturated rings. The van der Waals surface area contributed by atoms with Crippen LogP contribution in [0.4, 0.5) is 0 Å². The molecule has 10 rings (SSSR count). The molecule has 200 valence electrons. The summed E-state index contributed by atoms with van der Waals surface area (Å²) in [6.07, 6.45) is 0. The summed E-state index contributed by atoms with van der Waals surface area (Å²) in [5.74, 6) is 0. The fourth-order valence-electron chi connectivity index (χ4n) is 6.95. The predicted molar refractivity (Wildman–Crippen MR) is 183 cm³/mol. The van der Waals surface area contributed by atoms with Crippen molar-refractivity contribution in [3.8, 4) is 11.3 Å². The highest BCUT2D eigenvalue weighted by Crippen LogP contribution is 2.49. The molecule has 3 heterocycles. The van der Waals surface area contributed by atoms with Crippen molar-refractivity contribution in [3.63, 3.8) is 0 Å². The SMILES string of the molecule is Clc1nc2sc3ccccc3c2nc1-c1cc2ccccc2c2c3ccccc3c3c(oc4ccc5ccccc5c43)c12. The number of hydrogen-bond donors (Lipinski definition) is 0. The van der Waals surface area contributed by atoms with Gasteiger partial charge in [0.25, 0.3) is 0 Å². The third kappa shape index (κ3) is 3.14. The van der Waals surface area contributed by atoms with Crippen LogP contribution in [0.15, 0.2) is 120 Å². The van der Waals surface area contributed by atoms with E-state index in [1.54, 1.807) is 11.3 Å². The van der Waals surface area contributed by atoms with Crippen molar-refractivity contribution in [2.24, 2.45) is 0 Å².